The third-order valence-corrected chi connectivity index (χ3v) is 3.03. The fourth-order valence-corrected chi connectivity index (χ4v) is 1.90. The van der Waals surface area contributed by atoms with Gasteiger partial charge in [0.2, 0.25) is 0 Å². The largest absolute Gasteiger partial charge is 0.508 e. The van der Waals surface area contributed by atoms with E-state index in [4.69, 9.17) is 4.74 Å². The van der Waals surface area contributed by atoms with Crippen molar-refractivity contribution in [3.63, 3.8) is 0 Å². The molecule has 19 heavy (non-hydrogen) atoms. The van der Waals surface area contributed by atoms with Gasteiger partial charge in [0, 0.05) is 5.92 Å². The van der Waals surface area contributed by atoms with Gasteiger partial charge in [-0.2, -0.15) is 0 Å². The molecular formula is C16H18O3. The molecule has 2 rings (SSSR count). The minimum absolute atomic E-state index is 0.0105. The van der Waals surface area contributed by atoms with Crippen LogP contribution in [0.15, 0.2) is 48.5 Å². The monoisotopic (exact) mass is 258 g/mol. The van der Waals surface area contributed by atoms with E-state index in [0.717, 1.165) is 16.9 Å². The maximum Gasteiger partial charge on any atom is 0.119 e. The van der Waals surface area contributed by atoms with Crippen LogP contribution in [0.2, 0.25) is 0 Å². The smallest absolute Gasteiger partial charge is 0.119 e. The third-order valence-electron chi connectivity index (χ3n) is 3.03. The van der Waals surface area contributed by atoms with Crippen LogP contribution in [0.25, 0.3) is 0 Å². The Morgan fingerprint density at radius 1 is 1.11 bits per heavy atom. The van der Waals surface area contributed by atoms with Crippen molar-refractivity contribution in [1.29, 1.82) is 0 Å². The lowest BCUT2D eigenvalue weighted by Crippen LogP contribution is -2.14. The predicted octanol–water partition coefficient (Wildman–Crippen LogP) is 2.86. The molecular weight excluding hydrogens is 240 g/mol. The molecule has 2 aromatic carbocycles. The van der Waals surface area contributed by atoms with Gasteiger partial charge in [0.25, 0.3) is 0 Å². The number of phenolic OH excluding ortho intramolecular Hbond substituents is 1. The topological polar surface area (TPSA) is 49.7 Å². The lowest BCUT2D eigenvalue weighted by molar-refractivity contribution is 0.205. The highest BCUT2D eigenvalue weighted by Gasteiger charge is 2.11. The summed E-state index contributed by atoms with van der Waals surface area (Å²) in [6, 6.07) is 14.7. The summed E-state index contributed by atoms with van der Waals surface area (Å²) < 4.78 is 5.70. The van der Waals surface area contributed by atoms with Crippen LogP contribution in [-0.4, -0.2) is 23.4 Å². The second-order valence-corrected chi connectivity index (χ2v) is 4.60. The lowest BCUT2D eigenvalue weighted by atomic mass is 10.0. The number of rotatable bonds is 5. The Morgan fingerprint density at radius 2 is 1.84 bits per heavy atom. The van der Waals surface area contributed by atoms with E-state index in [1.807, 2.05) is 31.2 Å². The molecule has 0 radical (unpaired) electrons. The molecule has 0 amide bonds. The lowest BCUT2D eigenvalue weighted by Gasteiger charge is -2.16. The number of phenols is 1. The van der Waals surface area contributed by atoms with Crippen molar-refractivity contribution >= 4 is 0 Å². The van der Waals surface area contributed by atoms with E-state index in [1.54, 1.807) is 24.3 Å². The van der Waals surface area contributed by atoms with Crippen molar-refractivity contribution in [2.75, 3.05) is 13.2 Å². The zero-order valence-electron chi connectivity index (χ0n) is 10.9. The van der Waals surface area contributed by atoms with Gasteiger partial charge in [-0.25, -0.2) is 0 Å². The summed E-state index contributed by atoms with van der Waals surface area (Å²) in [5.74, 6) is 0.929. The van der Waals surface area contributed by atoms with Crippen LogP contribution in [0, 0.1) is 6.92 Å². The summed E-state index contributed by atoms with van der Waals surface area (Å²) in [6.45, 7) is 2.43. The van der Waals surface area contributed by atoms with Crippen molar-refractivity contribution in [2.24, 2.45) is 0 Å². The van der Waals surface area contributed by atoms with E-state index in [1.165, 1.54) is 0 Å². The van der Waals surface area contributed by atoms with Gasteiger partial charge in [0.05, 0.1) is 13.2 Å². The number of hydrogen-bond acceptors (Lipinski definition) is 3. The highest BCUT2D eigenvalue weighted by Crippen LogP contribution is 2.21. The molecule has 0 saturated heterocycles. The molecule has 0 aliphatic rings. The molecule has 2 N–H and O–H groups in total. The predicted molar refractivity (Wildman–Crippen MR) is 74.6 cm³/mol. The molecule has 0 aliphatic heterocycles. The molecule has 0 saturated carbocycles. The number of benzene rings is 2. The number of aliphatic hydroxyl groups excluding tert-OH is 1. The van der Waals surface area contributed by atoms with Crippen LogP contribution < -0.4 is 4.74 Å². The summed E-state index contributed by atoms with van der Waals surface area (Å²) in [4.78, 5) is 0. The van der Waals surface area contributed by atoms with Gasteiger partial charge >= 0.3 is 0 Å². The summed E-state index contributed by atoms with van der Waals surface area (Å²) in [7, 11) is 0. The SMILES string of the molecule is Cc1cccc(OCC(CO)c2ccc(O)cc2)c1. The Kier molecular flexibility index (Phi) is 4.42. The number of hydrogen-bond donors (Lipinski definition) is 2. The molecule has 1 unspecified atom stereocenters. The maximum absolute atomic E-state index is 9.44. The van der Waals surface area contributed by atoms with Gasteiger partial charge in [-0.1, -0.05) is 24.3 Å². The fourth-order valence-electron chi connectivity index (χ4n) is 1.90. The van der Waals surface area contributed by atoms with Gasteiger partial charge in [0.1, 0.15) is 11.5 Å². The number of aromatic hydroxyl groups is 1. The average Bonchev–Trinajstić information content (AvgIpc) is 2.41. The zero-order valence-corrected chi connectivity index (χ0v) is 10.9. The van der Waals surface area contributed by atoms with E-state index in [9.17, 15) is 10.2 Å². The second kappa shape index (κ2) is 6.25. The van der Waals surface area contributed by atoms with Crippen LogP contribution >= 0.6 is 0 Å². The molecule has 100 valence electrons. The highest BCUT2D eigenvalue weighted by atomic mass is 16.5. The van der Waals surface area contributed by atoms with Crippen molar-refractivity contribution in [3.8, 4) is 11.5 Å². The first kappa shape index (κ1) is 13.4. The fraction of sp³-hybridized carbons (Fsp3) is 0.250. The Balaban J connectivity index is 2.01. The molecule has 3 heteroatoms. The molecule has 0 aliphatic carbocycles. The van der Waals surface area contributed by atoms with Crippen molar-refractivity contribution in [3.05, 3.63) is 59.7 Å². The summed E-state index contributed by atoms with van der Waals surface area (Å²) in [5.41, 5.74) is 2.09. The molecule has 0 aromatic heterocycles. The molecule has 1 atom stereocenters. The number of aliphatic hydroxyl groups is 1. The van der Waals surface area contributed by atoms with E-state index in [-0.39, 0.29) is 18.3 Å². The number of ether oxygens (including phenoxy) is 1. The Bertz CT molecular complexity index is 520. The zero-order chi connectivity index (χ0) is 13.7. The first-order valence-electron chi connectivity index (χ1n) is 6.28. The van der Waals surface area contributed by atoms with Crippen LogP contribution in [0.1, 0.15) is 17.0 Å². The van der Waals surface area contributed by atoms with Gasteiger partial charge in [-0.15, -0.1) is 0 Å². The minimum Gasteiger partial charge on any atom is -0.508 e. The molecule has 2 aromatic rings. The Labute approximate surface area is 113 Å². The average molecular weight is 258 g/mol. The number of aryl methyl sites for hydroxylation is 1. The maximum atomic E-state index is 9.44. The second-order valence-electron chi connectivity index (χ2n) is 4.60. The van der Waals surface area contributed by atoms with E-state index < -0.39 is 0 Å². The van der Waals surface area contributed by atoms with E-state index in [2.05, 4.69) is 0 Å². The van der Waals surface area contributed by atoms with Gasteiger partial charge in [0.15, 0.2) is 0 Å². The van der Waals surface area contributed by atoms with E-state index >= 15 is 0 Å². The van der Waals surface area contributed by atoms with E-state index in [0.29, 0.717) is 6.61 Å². The van der Waals surface area contributed by atoms with Crippen LogP contribution in [0.5, 0.6) is 11.5 Å². The Morgan fingerprint density at radius 3 is 2.47 bits per heavy atom. The van der Waals surface area contributed by atoms with Crippen LogP contribution in [0.3, 0.4) is 0 Å². The molecule has 0 bridgehead atoms. The van der Waals surface area contributed by atoms with Crippen molar-refractivity contribution in [2.45, 2.75) is 12.8 Å². The van der Waals surface area contributed by atoms with Gasteiger partial charge < -0.3 is 14.9 Å². The molecule has 0 fully saturated rings. The van der Waals surface area contributed by atoms with Gasteiger partial charge in [-0.3, -0.25) is 0 Å². The normalized spacial score (nSPS) is 12.1. The highest BCUT2D eigenvalue weighted by molar-refractivity contribution is 5.30. The molecule has 0 heterocycles. The minimum atomic E-state index is -0.0962. The van der Waals surface area contributed by atoms with Crippen LogP contribution in [-0.2, 0) is 0 Å². The first-order chi connectivity index (χ1) is 9.19. The van der Waals surface area contributed by atoms with Crippen molar-refractivity contribution < 1.29 is 14.9 Å². The van der Waals surface area contributed by atoms with Crippen molar-refractivity contribution in [1.82, 2.24) is 0 Å². The first-order valence-corrected chi connectivity index (χ1v) is 6.28. The van der Waals surface area contributed by atoms with Gasteiger partial charge in [-0.05, 0) is 42.3 Å². The summed E-state index contributed by atoms with van der Waals surface area (Å²) >= 11 is 0. The quantitative estimate of drug-likeness (QED) is 0.867. The Hall–Kier alpha value is -2.00. The molecule has 3 nitrogen and oxygen atoms in total. The molecule has 0 spiro atoms. The summed E-state index contributed by atoms with van der Waals surface area (Å²) in [6.07, 6.45) is 0. The summed E-state index contributed by atoms with van der Waals surface area (Å²) in [5, 5.41) is 18.7. The standard InChI is InChI=1S/C16H18O3/c1-12-3-2-4-16(9-12)19-11-14(10-17)13-5-7-15(18)8-6-13/h2-9,14,17-18H,10-11H2,1H3. The van der Waals surface area contributed by atoms with Crippen LogP contribution in [0.4, 0.5) is 0 Å². The third kappa shape index (κ3) is 3.73.